The van der Waals surface area contributed by atoms with Gasteiger partial charge in [-0.3, -0.25) is 19.7 Å². The number of benzene rings is 1. The molecular weight excluding hydrogens is 374 g/mol. The fourth-order valence-corrected chi connectivity index (χ4v) is 2.07. The van der Waals surface area contributed by atoms with Crippen LogP contribution in [0.25, 0.3) is 0 Å². The van der Waals surface area contributed by atoms with Crippen LogP contribution < -0.4 is 16.0 Å². The number of amides is 4. The van der Waals surface area contributed by atoms with Gasteiger partial charge in [-0.25, -0.2) is 4.79 Å². The van der Waals surface area contributed by atoms with Crippen LogP contribution in [-0.2, 0) is 14.3 Å². The van der Waals surface area contributed by atoms with Gasteiger partial charge >= 0.3 is 12.0 Å². The number of carbonyl (C=O) groups excluding carboxylic acids is 4. The van der Waals surface area contributed by atoms with Crippen molar-refractivity contribution in [3.63, 3.8) is 0 Å². The van der Waals surface area contributed by atoms with Crippen LogP contribution in [0.4, 0.5) is 4.79 Å². The third kappa shape index (κ3) is 10.2. The minimum absolute atomic E-state index is 0.0386. The molecule has 3 N–H and O–H groups in total. The molecule has 148 valence electrons. The smallest absolute Gasteiger partial charge is 0.321 e. The van der Waals surface area contributed by atoms with Crippen LogP contribution in [0.5, 0.6) is 0 Å². The van der Waals surface area contributed by atoms with Gasteiger partial charge in [-0.2, -0.15) is 0 Å². The van der Waals surface area contributed by atoms with E-state index in [2.05, 4.69) is 16.0 Å². The Morgan fingerprint density at radius 2 is 1.67 bits per heavy atom. The highest BCUT2D eigenvalue weighted by Gasteiger charge is 2.11. The fraction of sp³-hybridized carbons (Fsp3) is 0.444. The Bertz CT molecular complexity index is 649. The first-order chi connectivity index (χ1) is 12.9. The predicted octanol–water partition coefficient (Wildman–Crippen LogP) is 2.02. The number of unbranched alkanes of at least 4 members (excludes halogenated alkanes) is 1. The fourth-order valence-electron chi connectivity index (χ4n) is 1.94. The molecule has 0 unspecified atom stereocenters. The van der Waals surface area contributed by atoms with Gasteiger partial charge in [0.25, 0.3) is 11.8 Å². The molecule has 0 spiro atoms. The number of ether oxygens (including phenoxy) is 1. The summed E-state index contributed by atoms with van der Waals surface area (Å²) in [6.07, 6.45) is 2.13. The SMILES string of the molecule is CCCCNC(=O)NC(=O)COC(=O)CCCNC(=O)c1ccc(Cl)cc1. The van der Waals surface area contributed by atoms with E-state index in [0.29, 0.717) is 23.6 Å². The molecule has 0 fully saturated rings. The summed E-state index contributed by atoms with van der Waals surface area (Å²) < 4.78 is 4.78. The maximum Gasteiger partial charge on any atom is 0.321 e. The summed E-state index contributed by atoms with van der Waals surface area (Å²) in [5.74, 6) is -1.56. The molecule has 4 amide bonds. The highest BCUT2D eigenvalue weighted by molar-refractivity contribution is 6.30. The van der Waals surface area contributed by atoms with Gasteiger partial charge in [0.15, 0.2) is 6.61 Å². The maximum absolute atomic E-state index is 11.9. The van der Waals surface area contributed by atoms with Gasteiger partial charge in [0.05, 0.1) is 0 Å². The highest BCUT2D eigenvalue weighted by Crippen LogP contribution is 2.09. The number of hydrogen-bond acceptors (Lipinski definition) is 5. The molecule has 27 heavy (non-hydrogen) atoms. The highest BCUT2D eigenvalue weighted by atomic mass is 35.5. The molecule has 0 atom stereocenters. The zero-order valence-corrected chi connectivity index (χ0v) is 15.9. The number of esters is 1. The summed E-state index contributed by atoms with van der Waals surface area (Å²) in [4.78, 5) is 46.2. The van der Waals surface area contributed by atoms with Crippen LogP contribution in [-0.4, -0.2) is 43.5 Å². The summed E-state index contributed by atoms with van der Waals surface area (Å²) in [7, 11) is 0. The van der Waals surface area contributed by atoms with Crippen molar-refractivity contribution in [2.24, 2.45) is 0 Å². The summed E-state index contributed by atoms with van der Waals surface area (Å²) in [6.45, 7) is 2.20. The number of nitrogens with one attached hydrogen (secondary N) is 3. The lowest BCUT2D eigenvalue weighted by molar-refractivity contribution is -0.148. The van der Waals surface area contributed by atoms with Gasteiger partial charge in [0.2, 0.25) is 0 Å². The lowest BCUT2D eigenvalue weighted by Crippen LogP contribution is -2.41. The standard InChI is InChI=1S/C18H24ClN3O5/c1-2-3-10-21-18(26)22-15(23)12-27-16(24)5-4-11-20-17(25)13-6-8-14(19)9-7-13/h6-9H,2-5,10-12H2,1H3,(H,20,25)(H2,21,22,23,26). The second-order valence-electron chi connectivity index (χ2n) is 5.68. The Morgan fingerprint density at radius 3 is 2.33 bits per heavy atom. The lowest BCUT2D eigenvalue weighted by atomic mass is 10.2. The van der Waals surface area contributed by atoms with Crippen LogP contribution in [0.3, 0.4) is 0 Å². The molecule has 8 nitrogen and oxygen atoms in total. The van der Waals surface area contributed by atoms with Crippen molar-refractivity contribution in [2.75, 3.05) is 19.7 Å². The summed E-state index contributed by atoms with van der Waals surface area (Å²) in [5.41, 5.74) is 0.468. The Morgan fingerprint density at radius 1 is 1.00 bits per heavy atom. The van der Waals surface area contributed by atoms with Crippen molar-refractivity contribution in [1.29, 1.82) is 0 Å². The van der Waals surface area contributed by atoms with Crippen molar-refractivity contribution in [3.8, 4) is 0 Å². The molecular formula is C18H24ClN3O5. The third-order valence-corrected chi connectivity index (χ3v) is 3.63. The molecule has 1 aromatic rings. The number of carbonyl (C=O) groups is 4. The number of halogens is 1. The first-order valence-corrected chi connectivity index (χ1v) is 9.07. The largest absolute Gasteiger partial charge is 0.456 e. The van der Waals surface area contributed by atoms with Crippen molar-refractivity contribution in [2.45, 2.75) is 32.6 Å². The normalized spacial score (nSPS) is 10.0. The average molecular weight is 398 g/mol. The number of rotatable bonds is 10. The van der Waals surface area contributed by atoms with E-state index in [-0.39, 0.29) is 18.9 Å². The first-order valence-electron chi connectivity index (χ1n) is 8.69. The summed E-state index contributed by atoms with van der Waals surface area (Å²) in [5, 5.41) is 7.78. The summed E-state index contributed by atoms with van der Waals surface area (Å²) >= 11 is 5.75. The Kier molecular flexibility index (Phi) is 10.5. The van der Waals surface area contributed by atoms with Gasteiger partial charge < -0.3 is 15.4 Å². The molecule has 1 aromatic carbocycles. The van der Waals surface area contributed by atoms with E-state index in [4.69, 9.17) is 16.3 Å². The number of urea groups is 1. The molecule has 1 rings (SSSR count). The van der Waals surface area contributed by atoms with Crippen LogP contribution in [0.1, 0.15) is 43.0 Å². The first kappa shape index (κ1) is 22.4. The van der Waals surface area contributed by atoms with E-state index >= 15 is 0 Å². The van der Waals surface area contributed by atoms with Crippen LogP contribution in [0.15, 0.2) is 24.3 Å². The second kappa shape index (κ2) is 12.7. The predicted molar refractivity (Wildman–Crippen MR) is 100 cm³/mol. The molecule has 0 bridgehead atoms. The topological polar surface area (TPSA) is 114 Å². The van der Waals surface area contributed by atoms with Gasteiger partial charge in [-0.05, 0) is 37.1 Å². The van der Waals surface area contributed by atoms with Gasteiger partial charge in [-0.15, -0.1) is 0 Å². The number of imide groups is 1. The lowest BCUT2D eigenvalue weighted by Gasteiger charge is -2.07. The molecule has 0 radical (unpaired) electrons. The molecule has 0 aliphatic heterocycles. The zero-order valence-electron chi connectivity index (χ0n) is 15.2. The van der Waals surface area contributed by atoms with E-state index < -0.39 is 24.5 Å². The van der Waals surface area contributed by atoms with Crippen molar-refractivity contribution in [1.82, 2.24) is 16.0 Å². The van der Waals surface area contributed by atoms with E-state index in [9.17, 15) is 19.2 Å². The molecule has 0 aromatic heterocycles. The monoisotopic (exact) mass is 397 g/mol. The average Bonchev–Trinajstić information content (AvgIpc) is 2.64. The van der Waals surface area contributed by atoms with Crippen LogP contribution in [0.2, 0.25) is 5.02 Å². The van der Waals surface area contributed by atoms with Crippen molar-refractivity contribution >= 4 is 35.4 Å². The van der Waals surface area contributed by atoms with E-state index in [1.807, 2.05) is 6.92 Å². The van der Waals surface area contributed by atoms with E-state index in [1.165, 1.54) is 0 Å². The molecule has 0 aliphatic rings. The minimum atomic E-state index is -0.701. The summed E-state index contributed by atoms with van der Waals surface area (Å²) in [6, 6.07) is 5.81. The minimum Gasteiger partial charge on any atom is -0.456 e. The van der Waals surface area contributed by atoms with Gasteiger partial charge in [0.1, 0.15) is 0 Å². The van der Waals surface area contributed by atoms with Crippen molar-refractivity contribution < 1.29 is 23.9 Å². The molecule has 9 heteroatoms. The Balaban J connectivity index is 2.13. The van der Waals surface area contributed by atoms with Gasteiger partial charge in [0, 0.05) is 30.1 Å². The van der Waals surface area contributed by atoms with Crippen LogP contribution >= 0.6 is 11.6 Å². The Hall–Kier alpha value is -2.61. The molecule has 0 aliphatic carbocycles. The zero-order chi connectivity index (χ0) is 20.1. The van der Waals surface area contributed by atoms with E-state index in [1.54, 1.807) is 24.3 Å². The second-order valence-corrected chi connectivity index (χ2v) is 6.12. The maximum atomic E-state index is 11.9. The Labute approximate surface area is 163 Å². The molecule has 0 saturated heterocycles. The van der Waals surface area contributed by atoms with E-state index in [0.717, 1.165) is 12.8 Å². The molecule has 0 saturated carbocycles. The third-order valence-electron chi connectivity index (χ3n) is 3.38. The number of hydrogen-bond donors (Lipinski definition) is 3. The van der Waals surface area contributed by atoms with Crippen LogP contribution in [0, 0.1) is 0 Å². The quantitative estimate of drug-likeness (QED) is 0.413. The molecule has 0 heterocycles. The van der Waals surface area contributed by atoms with Crippen molar-refractivity contribution in [3.05, 3.63) is 34.9 Å². The van der Waals surface area contributed by atoms with Gasteiger partial charge in [-0.1, -0.05) is 24.9 Å².